The summed E-state index contributed by atoms with van der Waals surface area (Å²) in [4.78, 5) is 12.3. The second-order valence-electron chi connectivity index (χ2n) is 6.73. The summed E-state index contributed by atoms with van der Waals surface area (Å²) in [5, 5.41) is 13.7. The molecule has 0 aliphatic heterocycles. The van der Waals surface area contributed by atoms with E-state index < -0.39 is 10.0 Å². The fourth-order valence-corrected chi connectivity index (χ4v) is 4.91. The third kappa shape index (κ3) is 4.71. The van der Waals surface area contributed by atoms with Gasteiger partial charge in [-0.1, -0.05) is 38.2 Å². The fraction of sp³-hybridized carbons (Fsp3) is 0.235. The molecule has 3 rings (SSSR count). The number of amides is 1. The van der Waals surface area contributed by atoms with E-state index >= 15 is 0 Å². The van der Waals surface area contributed by atoms with Crippen molar-refractivity contribution in [3.63, 3.8) is 0 Å². The zero-order valence-electron chi connectivity index (χ0n) is 14.9. The van der Waals surface area contributed by atoms with Gasteiger partial charge in [-0.3, -0.25) is 14.8 Å². The first-order valence-corrected chi connectivity index (χ1v) is 11.1. The molecule has 0 saturated heterocycles. The number of nitrogens with one attached hydrogen (secondary N) is 2. The van der Waals surface area contributed by atoms with Crippen molar-refractivity contribution in [3.8, 4) is 0 Å². The molecule has 27 heavy (non-hydrogen) atoms. The number of carbonyl (C=O) groups is 1. The highest BCUT2D eigenvalue weighted by Crippen LogP contribution is 2.28. The van der Waals surface area contributed by atoms with E-state index in [0.29, 0.717) is 16.4 Å². The third-order valence-electron chi connectivity index (χ3n) is 3.45. The van der Waals surface area contributed by atoms with Crippen molar-refractivity contribution in [3.05, 3.63) is 52.3 Å². The van der Waals surface area contributed by atoms with E-state index in [-0.39, 0.29) is 15.5 Å². The monoisotopic (exact) mass is 422 g/mol. The number of thiophene rings is 1. The minimum Gasteiger partial charge on any atom is -0.296 e. The quantitative estimate of drug-likeness (QED) is 0.648. The predicted molar refractivity (Wildman–Crippen MR) is 108 cm³/mol. The van der Waals surface area contributed by atoms with E-state index in [1.807, 2.05) is 20.8 Å². The molecule has 0 unspecified atom stereocenters. The van der Waals surface area contributed by atoms with Gasteiger partial charge in [0.25, 0.3) is 15.9 Å². The Hall–Kier alpha value is -2.30. The number of carbonyl (C=O) groups excluding carboxylic acids is 1. The van der Waals surface area contributed by atoms with Crippen molar-refractivity contribution in [2.75, 3.05) is 10.0 Å². The Morgan fingerprint density at radius 2 is 1.78 bits per heavy atom. The predicted octanol–water partition coefficient (Wildman–Crippen LogP) is 3.95. The maximum atomic E-state index is 12.3. The maximum Gasteiger partial charge on any atom is 0.271 e. The van der Waals surface area contributed by atoms with Crippen LogP contribution in [0.1, 0.15) is 36.1 Å². The highest BCUT2D eigenvalue weighted by molar-refractivity contribution is 7.94. The van der Waals surface area contributed by atoms with E-state index in [2.05, 4.69) is 20.2 Å². The van der Waals surface area contributed by atoms with Gasteiger partial charge in [0.2, 0.25) is 5.13 Å². The van der Waals surface area contributed by atoms with Crippen LogP contribution in [0.5, 0.6) is 0 Å². The SMILES string of the molecule is CC(C)(C)c1nnc(NC(=O)c2ccc(NS(=O)(=O)c3cccs3)cc2)s1. The molecule has 10 heteroatoms. The third-order valence-corrected chi connectivity index (χ3v) is 7.49. The van der Waals surface area contributed by atoms with Crippen LogP contribution >= 0.6 is 22.7 Å². The van der Waals surface area contributed by atoms with Crippen molar-refractivity contribution in [2.24, 2.45) is 0 Å². The molecular weight excluding hydrogens is 404 g/mol. The number of benzene rings is 1. The van der Waals surface area contributed by atoms with Gasteiger partial charge in [0.1, 0.15) is 9.22 Å². The van der Waals surface area contributed by atoms with Crippen LogP contribution in [0, 0.1) is 0 Å². The Kier molecular flexibility index (Phi) is 5.31. The van der Waals surface area contributed by atoms with Crippen LogP contribution in [-0.2, 0) is 15.4 Å². The van der Waals surface area contributed by atoms with E-state index in [9.17, 15) is 13.2 Å². The average molecular weight is 423 g/mol. The number of hydrogen-bond donors (Lipinski definition) is 2. The number of nitrogens with zero attached hydrogens (tertiary/aromatic N) is 2. The fourth-order valence-electron chi connectivity index (χ4n) is 2.06. The average Bonchev–Trinajstić information content (AvgIpc) is 3.26. The molecule has 0 saturated carbocycles. The van der Waals surface area contributed by atoms with Crippen LogP contribution in [0.2, 0.25) is 0 Å². The van der Waals surface area contributed by atoms with Crippen LogP contribution in [-0.4, -0.2) is 24.5 Å². The maximum absolute atomic E-state index is 12.3. The molecule has 3 aromatic rings. The number of anilines is 2. The van der Waals surface area contributed by atoms with E-state index in [1.165, 1.54) is 17.4 Å². The van der Waals surface area contributed by atoms with E-state index in [1.54, 1.807) is 35.7 Å². The van der Waals surface area contributed by atoms with Crippen LogP contribution in [0.4, 0.5) is 10.8 Å². The Morgan fingerprint density at radius 1 is 1.07 bits per heavy atom. The number of sulfonamides is 1. The Morgan fingerprint density at radius 3 is 2.33 bits per heavy atom. The van der Waals surface area contributed by atoms with Gasteiger partial charge in [0.05, 0.1) is 0 Å². The van der Waals surface area contributed by atoms with Crippen molar-refractivity contribution in [1.29, 1.82) is 0 Å². The topological polar surface area (TPSA) is 101 Å². The highest BCUT2D eigenvalue weighted by Gasteiger charge is 2.20. The molecule has 0 atom stereocenters. The summed E-state index contributed by atoms with van der Waals surface area (Å²) in [6.07, 6.45) is 0. The van der Waals surface area contributed by atoms with Gasteiger partial charge in [-0.05, 0) is 35.7 Å². The Labute approximate surface area is 165 Å². The van der Waals surface area contributed by atoms with Crippen molar-refractivity contribution in [2.45, 2.75) is 30.4 Å². The summed E-state index contributed by atoms with van der Waals surface area (Å²) in [6, 6.07) is 9.38. The van der Waals surface area contributed by atoms with Crippen LogP contribution < -0.4 is 10.0 Å². The molecule has 7 nitrogen and oxygen atoms in total. The molecule has 142 valence electrons. The summed E-state index contributed by atoms with van der Waals surface area (Å²) in [6.45, 7) is 6.07. The lowest BCUT2D eigenvalue weighted by atomic mass is 9.98. The van der Waals surface area contributed by atoms with Crippen molar-refractivity contribution < 1.29 is 13.2 Å². The molecule has 0 aliphatic rings. The lowest BCUT2D eigenvalue weighted by Gasteiger charge is -2.12. The van der Waals surface area contributed by atoms with Gasteiger partial charge in [0, 0.05) is 16.7 Å². The Bertz CT molecular complexity index is 1030. The molecular formula is C17H18N4O3S3. The van der Waals surface area contributed by atoms with Gasteiger partial charge < -0.3 is 0 Å². The summed E-state index contributed by atoms with van der Waals surface area (Å²) in [5.74, 6) is -0.334. The van der Waals surface area contributed by atoms with E-state index in [0.717, 1.165) is 16.3 Å². The molecule has 0 spiro atoms. The molecule has 0 bridgehead atoms. The first kappa shape index (κ1) is 19.5. The van der Waals surface area contributed by atoms with Gasteiger partial charge in [-0.15, -0.1) is 21.5 Å². The molecule has 0 radical (unpaired) electrons. The van der Waals surface area contributed by atoms with Crippen molar-refractivity contribution >= 4 is 49.4 Å². The number of aromatic nitrogens is 2. The van der Waals surface area contributed by atoms with Gasteiger partial charge in [-0.2, -0.15) is 0 Å². The molecule has 1 amide bonds. The second-order valence-corrected chi connectivity index (χ2v) is 10.6. The van der Waals surface area contributed by atoms with Crippen LogP contribution in [0.3, 0.4) is 0 Å². The lowest BCUT2D eigenvalue weighted by molar-refractivity contribution is 0.102. The standard InChI is InChI=1S/C17H18N4O3S3/c1-17(2,3)15-19-20-16(26-15)18-14(22)11-6-8-12(9-7-11)21-27(23,24)13-5-4-10-25-13/h4-10,21H,1-3H3,(H,18,20,22). The van der Waals surface area contributed by atoms with Crippen molar-refractivity contribution in [1.82, 2.24) is 10.2 Å². The first-order valence-electron chi connectivity index (χ1n) is 7.97. The minimum atomic E-state index is -3.61. The number of hydrogen-bond acceptors (Lipinski definition) is 7. The molecule has 1 aromatic carbocycles. The first-order chi connectivity index (χ1) is 12.6. The summed E-state index contributed by atoms with van der Waals surface area (Å²) in [5.41, 5.74) is 0.634. The zero-order chi connectivity index (χ0) is 19.7. The van der Waals surface area contributed by atoms with Gasteiger partial charge >= 0.3 is 0 Å². The molecule has 2 aromatic heterocycles. The second kappa shape index (κ2) is 7.37. The smallest absolute Gasteiger partial charge is 0.271 e. The molecule has 2 N–H and O–H groups in total. The van der Waals surface area contributed by atoms with E-state index in [4.69, 9.17) is 0 Å². The summed E-state index contributed by atoms with van der Waals surface area (Å²) in [7, 11) is -3.61. The minimum absolute atomic E-state index is 0.137. The lowest BCUT2D eigenvalue weighted by Crippen LogP contribution is -2.13. The number of rotatable bonds is 5. The summed E-state index contributed by atoms with van der Waals surface area (Å²) >= 11 is 2.46. The largest absolute Gasteiger partial charge is 0.296 e. The van der Waals surface area contributed by atoms with Gasteiger partial charge in [0.15, 0.2) is 0 Å². The van der Waals surface area contributed by atoms with Crippen LogP contribution in [0.25, 0.3) is 0 Å². The highest BCUT2D eigenvalue weighted by atomic mass is 32.2. The molecule has 2 heterocycles. The summed E-state index contributed by atoms with van der Waals surface area (Å²) < 4.78 is 27.1. The normalized spacial score (nSPS) is 12.0. The Balaban J connectivity index is 1.68. The zero-order valence-corrected chi connectivity index (χ0v) is 17.3. The van der Waals surface area contributed by atoms with Gasteiger partial charge in [-0.25, -0.2) is 8.42 Å². The van der Waals surface area contributed by atoms with Crippen LogP contribution in [0.15, 0.2) is 46.0 Å². The molecule has 0 aliphatic carbocycles. The molecule has 0 fully saturated rings.